The highest BCUT2D eigenvalue weighted by atomic mass is 35.5. The Morgan fingerprint density at radius 1 is 0.841 bits per heavy atom. The Kier molecular flexibility index (Phi) is 10.8. The lowest BCUT2D eigenvalue weighted by Crippen LogP contribution is -2.26. The van der Waals surface area contributed by atoms with Crippen molar-refractivity contribution in [1.82, 2.24) is 14.5 Å². The largest absolute Gasteiger partial charge is 0.527 e. The van der Waals surface area contributed by atoms with Crippen molar-refractivity contribution in [1.29, 1.82) is 0 Å². The molecular weight excluding hydrogens is 597 g/mol. The standard InChI is InChI=1S/C34H39ClN3O5P/c1-26-24-37(31-16-7-4-13-28(26)31)20-12-21-38-25-27(29-14-5-8-17-32(29)38)23-34(39)36-19-10-2-3-11-22-42-44(40,41)43-33-18-9-6-15-30(33)35/h4-9,13-18,24-25H,2-3,10-12,19-23H2,1H3,(H,36,39)(H,40,41). The minimum atomic E-state index is -4.24. The van der Waals surface area contributed by atoms with Gasteiger partial charge in [-0.3, -0.25) is 14.2 Å². The van der Waals surface area contributed by atoms with Gasteiger partial charge >= 0.3 is 7.82 Å². The average molecular weight is 636 g/mol. The van der Waals surface area contributed by atoms with E-state index >= 15 is 0 Å². The lowest BCUT2D eigenvalue weighted by molar-refractivity contribution is -0.120. The smallest absolute Gasteiger partial charge is 0.403 e. The van der Waals surface area contributed by atoms with Gasteiger partial charge in [0.1, 0.15) is 5.75 Å². The Bertz CT molecular complexity index is 1760. The lowest BCUT2D eigenvalue weighted by atomic mass is 10.1. The van der Waals surface area contributed by atoms with Gasteiger partial charge in [-0.05, 0) is 61.6 Å². The monoisotopic (exact) mass is 635 g/mol. The maximum atomic E-state index is 12.8. The molecular formula is C34H39ClN3O5P. The number of phosphoric ester groups is 1. The number of unbranched alkanes of at least 4 members (excludes halogenated alkanes) is 3. The van der Waals surface area contributed by atoms with Gasteiger partial charge in [0.15, 0.2) is 0 Å². The van der Waals surface area contributed by atoms with E-state index in [1.165, 1.54) is 22.5 Å². The summed E-state index contributed by atoms with van der Waals surface area (Å²) < 4.78 is 26.8. The maximum absolute atomic E-state index is 12.8. The first kappa shape index (κ1) is 31.9. The van der Waals surface area contributed by atoms with Crippen molar-refractivity contribution in [2.24, 2.45) is 0 Å². The minimum Gasteiger partial charge on any atom is -0.403 e. The van der Waals surface area contributed by atoms with E-state index in [1.54, 1.807) is 18.2 Å². The molecule has 0 bridgehead atoms. The molecule has 2 heterocycles. The van der Waals surface area contributed by atoms with E-state index in [0.29, 0.717) is 19.4 Å². The highest BCUT2D eigenvalue weighted by molar-refractivity contribution is 7.47. The zero-order valence-corrected chi connectivity index (χ0v) is 26.6. The van der Waals surface area contributed by atoms with Gasteiger partial charge in [0.25, 0.3) is 0 Å². The molecule has 0 aliphatic heterocycles. The predicted octanol–water partition coefficient (Wildman–Crippen LogP) is 8.06. The van der Waals surface area contributed by atoms with Crippen molar-refractivity contribution in [2.75, 3.05) is 13.2 Å². The molecule has 0 fully saturated rings. The van der Waals surface area contributed by atoms with Crippen molar-refractivity contribution in [3.8, 4) is 5.75 Å². The fourth-order valence-corrected chi connectivity index (χ4v) is 6.62. The predicted molar refractivity (Wildman–Crippen MR) is 176 cm³/mol. The number of aromatic nitrogens is 2. The molecule has 2 N–H and O–H groups in total. The number of phosphoric acid groups is 1. The van der Waals surface area contributed by atoms with Crippen LogP contribution in [0.3, 0.4) is 0 Å². The Morgan fingerprint density at radius 3 is 2.25 bits per heavy atom. The van der Waals surface area contributed by atoms with Crippen LogP contribution in [-0.4, -0.2) is 33.1 Å². The van der Waals surface area contributed by atoms with Crippen LogP contribution in [0.1, 0.15) is 43.2 Å². The number of nitrogens with one attached hydrogen (secondary N) is 1. The van der Waals surface area contributed by atoms with Crippen LogP contribution < -0.4 is 9.84 Å². The average Bonchev–Trinajstić information content (AvgIpc) is 3.52. The number of nitrogens with zero attached hydrogens (tertiary/aromatic N) is 2. The van der Waals surface area contributed by atoms with Crippen LogP contribution >= 0.6 is 19.4 Å². The van der Waals surface area contributed by atoms with Gasteiger partial charge in [-0.1, -0.05) is 73.0 Å². The van der Waals surface area contributed by atoms with Crippen LogP contribution in [0.2, 0.25) is 5.02 Å². The van der Waals surface area contributed by atoms with Crippen molar-refractivity contribution < 1.29 is 23.3 Å². The Hall–Kier alpha value is -3.55. The molecule has 232 valence electrons. The minimum absolute atomic E-state index is 0.00321. The molecule has 1 atom stereocenters. The molecule has 0 saturated carbocycles. The summed E-state index contributed by atoms with van der Waals surface area (Å²) in [5.74, 6) is 0.112. The van der Waals surface area contributed by atoms with E-state index in [2.05, 4.69) is 70.2 Å². The van der Waals surface area contributed by atoms with Gasteiger partial charge in [-0.2, -0.15) is 0 Å². The zero-order chi connectivity index (χ0) is 30.9. The molecule has 0 aliphatic carbocycles. The summed E-state index contributed by atoms with van der Waals surface area (Å²) in [5, 5.41) is 5.69. The molecule has 5 aromatic rings. The maximum Gasteiger partial charge on any atom is 0.527 e. The summed E-state index contributed by atoms with van der Waals surface area (Å²) >= 11 is 5.97. The molecule has 44 heavy (non-hydrogen) atoms. The third-order valence-corrected chi connectivity index (χ3v) is 8.95. The second-order valence-corrected chi connectivity index (χ2v) is 12.8. The molecule has 0 saturated heterocycles. The number of benzene rings is 3. The number of fused-ring (bicyclic) bond motifs is 2. The first-order chi connectivity index (χ1) is 21.3. The quantitative estimate of drug-likeness (QED) is 0.0845. The number of carbonyl (C=O) groups excluding carboxylic acids is 1. The number of hydrogen-bond donors (Lipinski definition) is 2. The van der Waals surface area contributed by atoms with E-state index < -0.39 is 7.82 Å². The molecule has 1 amide bonds. The van der Waals surface area contributed by atoms with Crippen LogP contribution in [0.4, 0.5) is 0 Å². The van der Waals surface area contributed by atoms with Crippen LogP contribution in [0.15, 0.2) is 85.2 Å². The van der Waals surface area contributed by atoms with E-state index in [1.807, 2.05) is 12.1 Å². The number of halogens is 1. The summed E-state index contributed by atoms with van der Waals surface area (Å²) in [7, 11) is -4.24. The van der Waals surface area contributed by atoms with Gasteiger partial charge in [0.2, 0.25) is 5.91 Å². The molecule has 10 heteroatoms. The summed E-state index contributed by atoms with van der Waals surface area (Å²) in [6.07, 6.45) is 8.75. The molecule has 5 rings (SSSR count). The number of para-hydroxylation sites is 3. The van der Waals surface area contributed by atoms with E-state index in [-0.39, 0.29) is 23.3 Å². The third kappa shape index (κ3) is 8.33. The van der Waals surface area contributed by atoms with Gasteiger partial charge in [-0.15, -0.1) is 0 Å². The molecule has 1 unspecified atom stereocenters. The second kappa shape index (κ2) is 15.0. The molecule has 2 aromatic heterocycles. The highest BCUT2D eigenvalue weighted by Gasteiger charge is 2.23. The van der Waals surface area contributed by atoms with Crippen molar-refractivity contribution in [3.63, 3.8) is 0 Å². The Morgan fingerprint density at radius 2 is 1.48 bits per heavy atom. The SMILES string of the molecule is Cc1cn(CCCn2cc(CC(=O)NCCCCCCOP(=O)(O)Oc3ccccc3Cl)c3ccccc32)c2ccccc12. The van der Waals surface area contributed by atoms with Crippen molar-refractivity contribution in [3.05, 3.63) is 101 Å². The first-order valence-electron chi connectivity index (χ1n) is 15.1. The highest BCUT2D eigenvalue weighted by Crippen LogP contribution is 2.45. The van der Waals surface area contributed by atoms with Gasteiger partial charge < -0.3 is 19.0 Å². The number of amides is 1. The first-order valence-corrected chi connectivity index (χ1v) is 17.0. The second-order valence-electron chi connectivity index (χ2n) is 11.0. The zero-order valence-electron chi connectivity index (χ0n) is 25.0. The van der Waals surface area contributed by atoms with Crippen LogP contribution in [0.25, 0.3) is 21.8 Å². The molecule has 0 spiro atoms. The number of carbonyl (C=O) groups is 1. The topological polar surface area (TPSA) is 94.7 Å². The van der Waals surface area contributed by atoms with Crippen molar-refractivity contribution >= 4 is 47.1 Å². The van der Waals surface area contributed by atoms with Crippen molar-refractivity contribution in [2.45, 2.75) is 58.5 Å². The Balaban J connectivity index is 1.02. The summed E-state index contributed by atoms with van der Waals surface area (Å²) in [4.78, 5) is 22.7. The molecule has 0 aliphatic rings. The fourth-order valence-electron chi connectivity index (χ4n) is 5.57. The molecule has 3 aromatic carbocycles. The van der Waals surface area contributed by atoms with E-state index in [0.717, 1.165) is 55.2 Å². The van der Waals surface area contributed by atoms with Crippen LogP contribution in [0, 0.1) is 6.92 Å². The van der Waals surface area contributed by atoms with Gasteiger partial charge in [-0.25, -0.2) is 4.57 Å². The third-order valence-electron chi connectivity index (χ3n) is 7.71. The Labute approximate surface area is 263 Å². The lowest BCUT2D eigenvalue weighted by Gasteiger charge is -2.13. The number of aryl methyl sites for hydroxylation is 3. The van der Waals surface area contributed by atoms with E-state index in [9.17, 15) is 14.3 Å². The van der Waals surface area contributed by atoms with Gasteiger partial charge in [0.05, 0.1) is 18.1 Å². The number of rotatable bonds is 16. The van der Waals surface area contributed by atoms with E-state index in [4.69, 9.17) is 20.6 Å². The summed E-state index contributed by atoms with van der Waals surface area (Å²) in [6.45, 7) is 4.63. The van der Waals surface area contributed by atoms with Crippen LogP contribution in [-0.2, 0) is 33.4 Å². The summed E-state index contributed by atoms with van der Waals surface area (Å²) in [6, 6.07) is 23.2. The van der Waals surface area contributed by atoms with Crippen LogP contribution in [0.5, 0.6) is 5.75 Å². The normalized spacial score (nSPS) is 12.9. The van der Waals surface area contributed by atoms with Gasteiger partial charge in [0, 0.05) is 53.8 Å². The number of hydrogen-bond acceptors (Lipinski definition) is 4. The molecule has 0 radical (unpaired) electrons. The fraction of sp³-hybridized carbons (Fsp3) is 0.324. The summed E-state index contributed by atoms with van der Waals surface area (Å²) in [5.41, 5.74) is 4.74. The molecule has 8 nitrogen and oxygen atoms in total.